The van der Waals surface area contributed by atoms with Crippen LogP contribution in [0.1, 0.15) is 39.2 Å². The fourth-order valence-electron chi connectivity index (χ4n) is 2.96. The van der Waals surface area contributed by atoms with Crippen LogP contribution in [-0.4, -0.2) is 35.4 Å². The van der Waals surface area contributed by atoms with Crippen LogP contribution in [0.15, 0.2) is 48.5 Å². The lowest BCUT2D eigenvalue weighted by Crippen LogP contribution is -2.51. The van der Waals surface area contributed by atoms with Gasteiger partial charge in [0.2, 0.25) is 5.91 Å². The van der Waals surface area contributed by atoms with Crippen molar-refractivity contribution >= 4 is 35.0 Å². The quantitative estimate of drug-likeness (QED) is 0.547. The van der Waals surface area contributed by atoms with Crippen LogP contribution in [-0.2, 0) is 16.1 Å². The molecule has 0 radical (unpaired) electrons. The minimum atomic E-state index is -0.668. The Morgan fingerprint density at radius 1 is 1.00 bits per heavy atom. The highest BCUT2D eigenvalue weighted by Gasteiger charge is 2.30. The first-order chi connectivity index (χ1) is 14.4. The van der Waals surface area contributed by atoms with Crippen LogP contribution in [0.25, 0.3) is 0 Å². The van der Waals surface area contributed by atoms with Crippen LogP contribution in [0.2, 0.25) is 10.0 Å². The van der Waals surface area contributed by atoms with Gasteiger partial charge in [0.25, 0.3) is 5.91 Å². The summed E-state index contributed by atoms with van der Waals surface area (Å²) in [5.74, 6) is 0.0581. The molecule has 0 saturated carbocycles. The lowest BCUT2D eigenvalue weighted by Gasteiger charge is -2.31. The third-order valence-corrected chi connectivity index (χ3v) is 5.59. The van der Waals surface area contributed by atoms with Crippen molar-refractivity contribution in [3.63, 3.8) is 0 Å². The third-order valence-electron chi connectivity index (χ3n) is 4.88. The highest BCUT2D eigenvalue weighted by molar-refractivity contribution is 6.36. The van der Waals surface area contributed by atoms with E-state index in [4.69, 9.17) is 27.9 Å². The van der Waals surface area contributed by atoms with Crippen molar-refractivity contribution in [2.45, 2.75) is 52.2 Å². The average molecular weight is 451 g/mol. The molecule has 0 aliphatic rings. The molecule has 2 aromatic rings. The van der Waals surface area contributed by atoms with Gasteiger partial charge in [-0.05, 0) is 44.0 Å². The number of benzene rings is 2. The van der Waals surface area contributed by atoms with E-state index in [1.165, 1.54) is 4.90 Å². The minimum absolute atomic E-state index is 0.00738. The van der Waals surface area contributed by atoms with Gasteiger partial charge in [-0.15, -0.1) is 0 Å². The second-order valence-corrected chi connectivity index (χ2v) is 7.88. The first kappa shape index (κ1) is 24.0. The number of para-hydroxylation sites is 1. The molecule has 0 aliphatic carbocycles. The van der Waals surface area contributed by atoms with E-state index in [0.29, 0.717) is 27.8 Å². The molecule has 0 unspecified atom stereocenters. The molecule has 0 saturated heterocycles. The molecule has 0 spiro atoms. The van der Waals surface area contributed by atoms with Crippen LogP contribution in [0, 0.1) is 0 Å². The van der Waals surface area contributed by atoms with E-state index >= 15 is 0 Å². The topological polar surface area (TPSA) is 58.6 Å². The van der Waals surface area contributed by atoms with E-state index in [9.17, 15) is 9.59 Å². The van der Waals surface area contributed by atoms with Crippen LogP contribution in [0.5, 0.6) is 5.75 Å². The normalized spacial score (nSPS) is 12.7. The summed E-state index contributed by atoms with van der Waals surface area (Å²) >= 11 is 12.7. The molecule has 162 valence electrons. The number of carbonyl (C=O) groups is 2. The van der Waals surface area contributed by atoms with Crippen molar-refractivity contribution in [1.29, 1.82) is 0 Å². The van der Waals surface area contributed by atoms with Gasteiger partial charge in [-0.3, -0.25) is 9.59 Å². The zero-order chi connectivity index (χ0) is 22.1. The van der Waals surface area contributed by atoms with Gasteiger partial charge in [0.05, 0.1) is 0 Å². The number of rotatable bonds is 10. The summed E-state index contributed by atoms with van der Waals surface area (Å²) in [4.78, 5) is 27.5. The standard InChI is InChI=1S/C23H28Cl2N2O3/c1-4-16(3)26-23(29)21(5-2)27(14-18-19(24)12-9-13-20(18)25)22(28)15-30-17-10-7-6-8-11-17/h6-13,16,21H,4-5,14-15H2,1-3H3,(H,26,29)/t16-,21-/m0/s1. The maximum Gasteiger partial charge on any atom is 0.261 e. The smallest absolute Gasteiger partial charge is 0.261 e. The molecular weight excluding hydrogens is 423 g/mol. The Bertz CT molecular complexity index is 825. The first-order valence-electron chi connectivity index (χ1n) is 10.1. The van der Waals surface area contributed by atoms with Gasteiger partial charge in [0, 0.05) is 28.2 Å². The summed E-state index contributed by atoms with van der Waals surface area (Å²) < 4.78 is 5.63. The Morgan fingerprint density at radius 3 is 2.20 bits per heavy atom. The monoisotopic (exact) mass is 450 g/mol. The van der Waals surface area contributed by atoms with Gasteiger partial charge in [0.1, 0.15) is 11.8 Å². The van der Waals surface area contributed by atoms with Crippen molar-refractivity contribution in [3.05, 3.63) is 64.1 Å². The van der Waals surface area contributed by atoms with Crippen molar-refractivity contribution in [2.75, 3.05) is 6.61 Å². The fraction of sp³-hybridized carbons (Fsp3) is 0.391. The molecular formula is C23H28Cl2N2O3. The van der Waals surface area contributed by atoms with Gasteiger partial charge in [-0.25, -0.2) is 0 Å². The van der Waals surface area contributed by atoms with E-state index in [1.807, 2.05) is 39.0 Å². The molecule has 5 nitrogen and oxygen atoms in total. The maximum atomic E-state index is 13.1. The van der Waals surface area contributed by atoms with Crippen LogP contribution < -0.4 is 10.1 Å². The zero-order valence-electron chi connectivity index (χ0n) is 17.5. The molecule has 30 heavy (non-hydrogen) atoms. The molecule has 0 bridgehead atoms. The molecule has 1 N–H and O–H groups in total. The molecule has 0 heterocycles. The SMILES string of the molecule is CC[C@H](C)NC(=O)[C@H](CC)N(Cc1c(Cl)cccc1Cl)C(=O)COc1ccccc1. The van der Waals surface area contributed by atoms with Gasteiger partial charge in [0.15, 0.2) is 6.61 Å². The van der Waals surface area contributed by atoms with Crippen LogP contribution >= 0.6 is 23.2 Å². The van der Waals surface area contributed by atoms with Crippen molar-refractivity contribution < 1.29 is 14.3 Å². The Hall–Kier alpha value is -2.24. The predicted molar refractivity (Wildman–Crippen MR) is 121 cm³/mol. The molecule has 2 rings (SSSR count). The summed E-state index contributed by atoms with van der Waals surface area (Å²) in [7, 11) is 0. The highest BCUT2D eigenvalue weighted by Crippen LogP contribution is 2.27. The summed E-state index contributed by atoms with van der Waals surface area (Å²) in [5.41, 5.74) is 0.601. The molecule has 2 atom stereocenters. The van der Waals surface area contributed by atoms with Crippen molar-refractivity contribution in [1.82, 2.24) is 10.2 Å². The van der Waals surface area contributed by atoms with Crippen molar-refractivity contribution in [2.24, 2.45) is 0 Å². The van der Waals surface area contributed by atoms with E-state index in [0.717, 1.165) is 6.42 Å². The van der Waals surface area contributed by atoms with E-state index in [2.05, 4.69) is 5.32 Å². The van der Waals surface area contributed by atoms with E-state index in [1.54, 1.807) is 30.3 Å². The second kappa shape index (κ2) is 11.8. The number of ether oxygens (including phenoxy) is 1. The lowest BCUT2D eigenvalue weighted by atomic mass is 10.1. The number of halogens is 2. The Morgan fingerprint density at radius 2 is 1.63 bits per heavy atom. The molecule has 2 aromatic carbocycles. The van der Waals surface area contributed by atoms with Gasteiger partial charge < -0.3 is 15.0 Å². The molecule has 0 fully saturated rings. The average Bonchev–Trinajstić information content (AvgIpc) is 2.74. The maximum absolute atomic E-state index is 13.1. The second-order valence-electron chi connectivity index (χ2n) is 7.07. The number of amides is 2. The predicted octanol–water partition coefficient (Wildman–Crippen LogP) is 5.09. The van der Waals surface area contributed by atoms with Gasteiger partial charge >= 0.3 is 0 Å². The third kappa shape index (κ3) is 6.64. The summed E-state index contributed by atoms with van der Waals surface area (Å²) in [6, 6.07) is 13.6. The zero-order valence-corrected chi connectivity index (χ0v) is 19.0. The lowest BCUT2D eigenvalue weighted by molar-refractivity contribution is -0.143. The van der Waals surface area contributed by atoms with Crippen molar-refractivity contribution in [3.8, 4) is 5.75 Å². The number of carbonyl (C=O) groups excluding carboxylic acids is 2. The number of hydrogen-bond donors (Lipinski definition) is 1. The van der Waals surface area contributed by atoms with E-state index < -0.39 is 6.04 Å². The largest absolute Gasteiger partial charge is 0.484 e. The van der Waals surface area contributed by atoms with Crippen LogP contribution in [0.4, 0.5) is 0 Å². The molecule has 0 aromatic heterocycles. The van der Waals surface area contributed by atoms with E-state index in [-0.39, 0.29) is 31.0 Å². The number of nitrogens with zero attached hydrogens (tertiary/aromatic N) is 1. The summed E-state index contributed by atoms with van der Waals surface area (Å²) in [6.45, 7) is 5.71. The molecule has 0 aliphatic heterocycles. The number of hydrogen-bond acceptors (Lipinski definition) is 3. The Labute approximate surface area is 188 Å². The van der Waals surface area contributed by atoms with Gasteiger partial charge in [-0.2, -0.15) is 0 Å². The number of nitrogens with one attached hydrogen (secondary N) is 1. The fourth-order valence-corrected chi connectivity index (χ4v) is 3.48. The molecule has 7 heteroatoms. The Kier molecular flexibility index (Phi) is 9.47. The summed E-state index contributed by atoms with van der Waals surface area (Å²) in [5, 5.41) is 3.86. The van der Waals surface area contributed by atoms with Gasteiger partial charge in [-0.1, -0.05) is 61.3 Å². The minimum Gasteiger partial charge on any atom is -0.484 e. The summed E-state index contributed by atoms with van der Waals surface area (Å²) in [6.07, 6.45) is 1.24. The van der Waals surface area contributed by atoms with Crippen LogP contribution in [0.3, 0.4) is 0 Å². The first-order valence-corrected chi connectivity index (χ1v) is 10.8. The molecule has 2 amide bonds. The highest BCUT2D eigenvalue weighted by atomic mass is 35.5. The Balaban J connectivity index is 2.27.